The van der Waals surface area contributed by atoms with E-state index in [9.17, 15) is 9.59 Å². The number of aliphatic carboxylic acids is 1. The van der Waals surface area contributed by atoms with Gasteiger partial charge in [-0.25, -0.2) is 9.97 Å². The first kappa shape index (κ1) is 17.4. The molecule has 134 valence electrons. The number of imidazole rings is 1. The van der Waals surface area contributed by atoms with Gasteiger partial charge in [-0.2, -0.15) is 0 Å². The molecule has 3 rings (SSSR count). The molecule has 0 aliphatic carbocycles. The van der Waals surface area contributed by atoms with Gasteiger partial charge in [-0.1, -0.05) is 6.92 Å². The van der Waals surface area contributed by atoms with Crippen molar-refractivity contribution in [1.29, 1.82) is 0 Å². The van der Waals surface area contributed by atoms with Crippen LogP contribution >= 0.6 is 0 Å². The van der Waals surface area contributed by atoms with Gasteiger partial charge in [-0.05, 0) is 37.8 Å². The van der Waals surface area contributed by atoms with E-state index in [4.69, 9.17) is 5.11 Å². The Kier molecular flexibility index (Phi) is 5.01. The summed E-state index contributed by atoms with van der Waals surface area (Å²) in [6.07, 6.45) is 3.84. The van der Waals surface area contributed by atoms with Crippen molar-refractivity contribution in [2.75, 3.05) is 13.1 Å². The molecule has 7 heteroatoms. The van der Waals surface area contributed by atoms with Gasteiger partial charge in [0.05, 0.1) is 0 Å². The molecule has 7 nitrogen and oxygen atoms in total. The Bertz CT molecular complexity index is 778. The maximum absolute atomic E-state index is 12.4. The van der Waals surface area contributed by atoms with Crippen molar-refractivity contribution in [1.82, 2.24) is 19.4 Å². The fourth-order valence-corrected chi connectivity index (χ4v) is 3.65. The summed E-state index contributed by atoms with van der Waals surface area (Å²) in [5.74, 6) is 0.0202. The number of carbonyl (C=O) groups excluding carboxylic acids is 1. The number of hydrogen-bond acceptors (Lipinski definition) is 4. The van der Waals surface area contributed by atoms with Crippen LogP contribution in [0.2, 0.25) is 0 Å². The average molecular weight is 344 g/mol. The van der Waals surface area contributed by atoms with Crippen LogP contribution in [0.5, 0.6) is 0 Å². The number of hydrogen-bond donors (Lipinski definition) is 1. The van der Waals surface area contributed by atoms with Crippen molar-refractivity contribution in [3.63, 3.8) is 0 Å². The van der Waals surface area contributed by atoms with Gasteiger partial charge in [0.1, 0.15) is 11.3 Å². The second-order valence-electron chi connectivity index (χ2n) is 6.89. The van der Waals surface area contributed by atoms with E-state index in [-0.39, 0.29) is 18.2 Å². The van der Waals surface area contributed by atoms with Gasteiger partial charge in [-0.3, -0.25) is 9.59 Å². The number of likely N-dealkylation sites (tertiary alicyclic amines) is 1. The Balaban J connectivity index is 1.62. The van der Waals surface area contributed by atoms with Crippen LogP contribution in [0, 0.1) is 12.8 Å². The van der Waals surface area contributed by atoms with Gasteiger partial charge < -0.3 is 14.6 Å². The summed E-state index contributed by atoms with van der Waals surface area (Å²) in [4.78, 5) is 34.0. The van der Waals surface area contributed by atoms with Crippen LogP contribution in [0.25, 0.3) is 11.2 Å². The molecule has 0 spiro atoms. The van der Waals surface area contributed by atoms with E-state index in [1.54, 1.807) is 6.20 Å². The zero-order chi connectivity index (χ0) is 18.0. The van der Waals surface area contributed by atoms with E-state index in [1.807, 2.05) is 30.9 Å². The van der Waals surface area contributed by atoms with Crippen molar-refractivity contribution in [2.45, 2.75) is 45.6 Å². The standard InChI is InChI=1S/C18H24N4O3/c1-12(11-17(24)25)10-16(23)21-8-5-14(6-9-21)22-13(2)20-15-4-3-7-19-18(15)22/h3-4,7,12,14H,5-6,8-11H2,1-2H3,(H,24,25). The molecule has 1 fully saturated rings. The molecule has 1 amide bonds. The minimum Gasteiger partial charge on any atom is -0.481 e. The molecule has 2 aromatic rings. The summed E-state index contributed by atoms with van der Waals surface area (Å²) in [6.45, 7) is 5.18. The molecule has 2 aromatic heterocycles. The second-order valence-corrected chi connectivity index (χ2v) is 6.89. The molecule has 1 N–H and O–H groups in total. The molecular weight excluding hydrogens is 320 g/mol. The largest absolute Gasteiger partial charge is 0.481 e. The van der Waals surface area contributed by atoms with Crippen molar-refractivity contribution >= 4 is 23.0 Å². The lowest BCUT2D eigenvalue weighted by Crippen LogP contribution is -2.39. The zero-order valence-electron chi connectivity index (χ0n) is 14.7. The number of aryl methyl sites for hydroxylation is 1. The van der Waals surface area contributed by atoms with Crippen LogP contribution in [0.15, 0.2) is 18.3 Å². The minimum absolute atomic E-state index is 0.0358. The fourth-order valence-electron chi connectivity index (χ4n) is 3.65. The summed E-state index contributed by atoms with van der Waals surface area (Å²) in [5.41, 5.74) is 1.81. The predicted octanol–water partition coefficient (Wildman–Crippen LogP) is 2.40. The van der Waals surface area contributed by atoms with Gasteiger partial charge in [0.2, 0.25) is 5.91 Å². The second kappa shape index (κ2) is 7.21. The highest BCUT2D eigenvalue weighted by molar-refractivity contribution is 5.77. The molecular formula is C18H24N4O3. The van der Waals surface area contributed by atoms with E-state index in [1.165, 1.54) is 0 Å². The quantitative estimate of drug-likeness (QED) is 0.900. The first-order valence-electron chi connectivity index (χ1n) is 8.75. The van der Waals surface area contributed by atoms with Crippen molar-refractivity contribution < 1.29 is 14.7 Å². The van der Waals surface area contributed by atoms with E-state index >= 15 is 0 Å². The van der Waals surface area contributed by atoms with Crippen LogP contribution in [0.3, 0.4) is 0 Å². The molecule has 3 heterocycles. The topological polar surface area (TPSA) is 88.3 Å². The number of aromatic nitrogens is 3. The molecule has 25 heavy (non-hydrogen) atoms. The van der Waals surface area contributed by atoms with Crippen molar-refractivity contribution in [2.24, 2.45) is 5.92 Å². The molecule has 1 aliphatic heterocycles. The van der Waals surface area contributed by atoms with Gasteiger partial charge in [0.25, 0.3) is 0 Å². The van der Waals surface area contributed by atoms with Gasteiger partial charge >= 0.3 is 5.97 Å². The number of amides is 1. The molecule has 0 bridgehead atoms. The first-order chi connectivity index (χ1) is 12.0. The number of piperidine rings is 1. The SMILES string of the molecule is Cc1nc2cccnc2n1C1CCN(C(=O)CC(C)CC(=O)O)CC1. The first-order valence-corrected chi connectivity index (χ1v) is 8.75. The highest BCUT2D eigenvalue weighted by atomic mass is 16.4. The Morgan fingerprint density at radius 2 is 2.04 bits per heavy atom. The van der Waals surface area contributed by atoms with E-state index < -0.39 is 5.97 Å². The summed E-state index contributed by atoms with van der Waals surface area (Å²) in [5, 5.41) is 8.82. The van der Waals surface area contributed by atoms with Crippen molar-refractivity contribution in [3.8, 4) is 0 Å². The highest BCUT2D eigenvalue weighted by Gasteiger charge is 2.27. The summed E-state index contributed by atoms with van der Waals surface area (Å²) >= 11 is 0. The minimum atomic E-state index is -0.853. The molecule has 0 saturated carbocycles. The van der Waals surface area contributed by atoms with E-state index in [0.29, 0.717) is 25.6 Å². The molecule has 1 aliphatic rings. The summed E-state index contributed by atoms with van der Waals surface area (Å²) in [7, 11) is 0. The Morgan fingerprint density at radius 1 is 1.32 bits per heavy atom. The van der Waals surface area contributed by atoms with Crippen molar-refractivity contribution in [3.05, 3.63) is 24.2 Å². The van der Waals surface area contributed by atoms with E-state index in [0.717, 1.165) is 29.8 Å². The monoisotopic (exact) mass is 344 g/mol. The number of pyridine rings is 1. The third-order valence-corrected chi connectivity index (χ3v) is 4.85. The molecule has 1 unspecified atom stereocenters. The zero-order valence-corrected chi connectivity index (χ0v) is 14.7. The Labute approximate surface area is 146 Å². The van der Waals surface area contributed by atoms with E-state index in [2.05, 4.69) is 14.5 Å². The lowest BCUT2D eigenvalue weighted by Gasteiger charge is -2.33. The van der Waals surface area contributed by atoms with Crippen LogP contribution in [0.4, 0.5) is 0 Å². The average Bonchev–Trinajstić information content (AvgIpc) is 2.89. The Hall–Kier alpha value is -2.44. The third kappa shape index (κ3) is 3.81. The van der Waals surface area contributed by atoms with Crippen LogP contribution in [-0.2, 0) is 9.59 Å². The van der Waals surface area contributed by atoms with Crippen LogP contribution in [-0.4, -0.2) is 49.5 Å². The maximum atomic E-state index is 12.4. The summed E-state index contributed by atoms with van der Waals surface area (Å²) in [6, 6.07) is 4.15. The third-order valence-electron chi connectivity index (χ3n) is 4.85. The fraction of sp³-hybridized carbons (Fsp3) is 0.556. The molecule has 0 radical (unpaired) electrons. The molecule has 1 saturated heterocycles. The normalized spacial score (nSPS) is 17.0. The number of carboxylic acid groups (broad SMARTS) is 1. The van der Waals surface area contributed by atoms with Gasteiger partial charge in [0.15, 0.2) is 5.65 Å². The summed E-state index contributed by atoms with van der Waals surface area (Å²) < 4.78 is 2.18. The highest BCUT2D eigenvalue weighted by Crippen LogP contribution is 2.28. The van der Waals surface area contributed by atoms with Gasteiger partial charge in [-0.15, -0.1) is 0 Å². The van der Waals surface area contributed by atoms with Crippen LogP contribution in [0.1, 0.15) is 44.5 Å². The number of carboxylic acids is 1. The maximum Gasteiger partial charge on any atom is 0.303 e. The number of fused-ring (bicyclic) bond motifs is 1. The van der Waals surface area contributed by atoms with Gasteiger partial charge in [0, 0.05) is 38.2 Å². The lowest BCUT2D eigenvalue weighted by molar-refractivity contribution is -0.138. The predicted molar refractivity (Wildman–Crippen MR) is 93.1 cm³/mol. The number of carbonyl (C=O) groups is 2. The smallest absolute Gasteiger partial charge is 0.303 e. The molecule has 0 aromatic carbocycles. The Morgan fingerprint density at radius 3 is 2.72 bits per heavy atom. The number of rotatable bonds is 5. The number of nitrogens with zero attached hydrogens (tertiary/aromatic N) is 4. The molecule has 1 atom stereocenters. The lowest BCUT2D eigenvalue weighted by atomic mass is 10.0. The van der Waals surface area contributed by atoms with Crippen LogP contribution < -0.4 is 0 Å².